The van der Waals surface area contributed by atoms with Crippen LogP contribution in [0.4, 0.5) is 0 Å². The topological polar surface area (TPSA) is 75.8 Å². The minimum atomic E-state index is -2.75. The van der Waals surface area contributed by atoms with Crippen LogP contribution in [0.1, 0.15) is 39.0 Å². The summed E-state index contributed by atoms with van der Waals surface area (Å²) < 4.78 is 22.7. The molecule has 0 spiro atoms. The lowest BCUT2D eigenvalue weighted by atomic mass is 9.99. The maximum absolute atomic E-state index is 11.4. The molecule has 2 N–H and O–H groups in total. The van der Waals surface area contributed by atoms with E-state index in [4.69, 9.17) is 5.73 Å². The smallest absolute Gasteiger partial charge is 0.191 e. The van der Waals surface area contributed by atoms with Crippen LogP contribution in [-0.4, -0.2) is 50.4 Å². The molecule has 2 saturated heterocycles. The number of sulfone groups is 1. The van der Waals surface area contributed by atoms with Crippen LogP contribution in [0.3, 0.4) is 0 Å². The molecule has 0 bridgehead atoms. The fourth-order valence-corrected chi connectivity index (χ4v) is 4.68. The van der Waals surface area contributed by atoms with Gasteiger partial charge in [0.2, 0.25) is 0 Å². The maximum atomic E-state index is 11.4. The van der Waals surface area contributed by atoms with Gasteiger partial charge in [0.1, 0.15) is 9.84 Å². The number of nitrogens with zero attached hydrogens (tertiary/aromatic N) is 2. The van der Waals surface area contributed by atoms with Gasteiger partial charge in [-0.05, 0) is 43.9 Å². The first kappa shape index (κ1) is 15.6. The van der Waals surface area contributed by atoms with Gasteiger partial charge in [0.05, 0.1) is 11.5 Å². The zero-order valence-electron chi connectivity index (χ0n) is 12.4. The molecular weight excluding hydrogens is 274 g/mol. The van der Waals surface area contributed by atoms with E-state index < -0.39 is 9.84 Å². The van der Waals surface area contributed by atoms with Crippen molar-refractivity contribution in [3.05, 3.63) is 0 Å². The summed E-state index contributed by atoms with van der Waals surface area (Å²) in [4.78, 5) is 6.66. The first-order valence-electron chi connectivity index (χ1n) is 7.71. The van der Waals surface area contributed by atoms with Crippen molar-refractivity contribution in [3.8, 4) is 0 Å². The van der Waals surface area contributed by atoms with Gasteiger partial charge < -0.3 is 10.6 Å². The molecular formula is C14H27N3O2S. The Kier molecular flexibility index (Phi) is 5.29. The minimum Gasteiger partial charge on any atom is -0.370 e. The number of rotatable bonds is 3. The Morgan fingerprint density at radius 2 is 2.00 bits per heavy atom. The largest absolute Gasteiger partial charge is 0.370 e. The molecule has 2 aliphatic rings. The molecule has 6 heteroatoms. The lowest BCUT2D eigenvalue weighted by Gasteiger charge is -2.31. The highest BCUT2D eigenvalue weighted by Crippen LogP contribution is 2.22. The number of likely N-dealkylation sites (tertiary alicyclic amines) is 1. The Morgan fingerprint density at radius 1 is 1.30 bits per heavy atom. The molecule has 2 fully saturated rings. The summed E-state index contributed by atoms with van der Waals surface area (Å²) in [7, 11) is -2.75. The molecule has 20 heavy (non-hydrogen) atoms. The number of guanidine groups is 1. The molecule has 0 amide bonds. The molecule has 2 heterocycles. The van der Waals surface area contributed by atoms with Gasteiger partial charge in [0.15, 0.2) is 5.96 Å². The predicted molar refractivity (Wildman–Crippen MR) is 82.5 cm³/mol. The molecule has 0 radical (unpaired) electrons. The quantitative estimate of drug-likeness (QED) is 0.629. The Labute approximate surface area is 122 Å². The van der Waals surface area contributed by atoms with Gasteiger partial charge in [-0.2, -0.15) is 0 Å². The molecule has 5 nitrogen and oxygen atoms in total. The second kappa shape index (κ2) is 6.78. The Morgan fingerprint density at radius 3 is 2.65 bits per heavy atom. The zero-order chi connectivity index (χ0) is 14.6. The molecule has 0 aromatic carbocycles. The van der Waals surface area contributed by atoms with Crippen LogP contribution < -0.4 is 5.73 Å². The lowest BCUT2D eigenvalue weighted by Crippen LogP contribution is -2.43. The molecule has 0 saturated carbocycles. The second-order valence-electron chi connectivity index (χ2n) is 6.32. The monoisotopic (exact) mass is 301 g/mol. The van der Waals surface area contributed by atoms with Gasteiger partial charge in [-0.3, -0.25) is 4.99 Å². The van der Waals surface area contributed by atoms with Crippen LogP contribution in [0.25, 0.3) is 0 Å². The standard InChI is InChI=1S/C14H27N3O2S/c1-12-3-2-8-17(11-12)14(15)16-7-4-13-5-9-20(18,19)10-6-13/h12-13H,2-11H2,1H3,(H2,15,16)/t12-/m1/s1. The van der Waals surface area contributed by atoms with E-state index in [9.17, 15) is 8.42 Å². The molecule has 1 atom stereocenters. The SMILES string of the molecule is C[C@@H]1CCCN(C(N)=NCCC2CCS(=O)(=O)CC2)C1. The van der Waals surface area contributed by atoms with Crippen molar-refractivity contribution in [1.82, 2.24) is 4.90 Å². The van der Waals surface area contributed by atoms with E-state index in [1.54, 1.807) is 0 Å². The fourth-order valence-electron chi connectivity index (χ4n) is 3.09. The van der Waals surface area contributed by atoms with E-state index in [0.29, 0.717) is 29.3 Å². The van der Waals surface area contributed by atoms with Crippen molar-refractivity contribution >= 4 is 15.8 Å². The van der Waals surface area contributed by atoms with Crippen molar-refractivity contribution in [2.75, 3.05) is 31.1 Å². The van der Waals surface area contributed by atoms with Crippen molar-refractivity contribution < 1.29 is 8.42 Å². The highest BCUT2D eigenvalue weighted by atomic mass is 32.2. The van der Waals surface area contributed by atoms with E-state index in [1.807, 2.05) is 0 Å². The Balaban J connectivity index is 1.73. The van der Waals surface area contributed by atoms with Gasteiger partial charge in [0.25, 0.3) is 0 Å². The lowest BCUT2D eigenvalue weighted by molar-refractivity contribution is 0.270. The summed E-state index contributed by atoms with van der Waals surface area (Å²) in [5.74, 6) is 2.55. The van der Waals surface area contributed by atoms with Crippen LogP contribution in [0.5, 0.6) is 0 Å². The summed E-state index contributed by atoms with van der Waals surface area (Å²) in [5.41, 5.74) is 6.05. The fraction of sp³-hybridized carbons (Fsp3) is 0.929. The van der Waals surface area contributed by atoms with Crippen LogP contribution in [0.15, 0.2) is 4.99 Å². The number of piperidine rings is 1. The number of hydrogen-bond acceptors (Lipinski definition) is 3. The molecule has 0 aromatic heterocycles. The van der Waals surface area contributed by atoms with Crippen molar-refractivity contribution in [2.24, 2.45) is 22.6 Å². The first-order chi connectivity index (χ1) is 9.46. The van der Waals surface area contributed by atoms with Crippen LogP contribution in [-0.2, 0) is 9.84 Å². The van der Waals surface area contributed by atoms with Gasteiger partial charge in [0, 0.05) is 19.6 Å². The molecule has 0 unspecified atom stereocenters. The summed E-state index contributed by atoms with van der Waals surface area (Å²) in [6.45, 7) is 5.00. The number of nitrogens with two attached hydrogens (primary N) is 1. The summed E-state index contributed by atoms with van der Waals surface area (Å²) >= 11 is 0. The average Bonchev–Trinajstić information content (AvgIpc) is 2.40. The molecule has 2 rings (SSSR count). The van der Waals surface area contributed by atoms with Crippen molar-refractivity contribution in [2.45, 2.75) is 39.0 Å². The number of hydrogen-bond donors (Lipinski definition) is 1. The van der Waals surface area contributed by atoms with E-state index in [2.05, 4.69) is 16.8 Å². The van der Waals surface area contributed by atoms with Gasteiger partial charge >= 0.3 is 0 Å². The number of aliphatic imine (C=N–C) groups is 1. The van der Waals surface area contributed by atoms with Crippen LogP contribution in [0.2, 0.25) is 0 Å². The molecule has 0 aliphatic carbocycles. The van der Waals surface area contributed by atoms with Crippen molar-refractivity contribution in [3.63, 3.8) is 0 Å². The van der Waals surface area contributed by atoms with Crippen LogP contribution in [0, 0.1) is 11.8 Å². The first-order valence-corrected chi connectivity index (χ1v) is 9.54. The summed E-state index contributed by atoms with van der Waals surface area (Å²) in [6.07, 6.45) is 5.01. The van der Waals surface area contributed by atoms with E-state index in [1.165, 1.54) is 12.8 Å². The van der Waals surface area contributed by atoms with Gasteiger partial charge in [-0.15, -0.1) is 0 Å². The third-order valence-corrected chi connectivity index (χ3v) is 6.18. The Hall–Kier alpha value is -0.780. The van der Waals surface area contributed by atoms with Crippen molar-refractivity contribution in [1.29, 1.82) is 0 Å². The highest BCUT2D eigenvalue weighted by molar-refractivity contribution is 7.91. The third kappa shape index (κ3) is 4.65. The molecule has 0 aromatic rings. The molecule has 2 aliphatic heterocycles. The van der Waals surface area contributed by atoms with Gasteiger partial charge in [-0.1, -0.05) is 6.92 Å². The van der Waals surface area contributed by atoms with E-state index in [-0.39, 0.29) is 0 Å². The second-order valence-corrected chi connectivity index (χ2v) is 8.62. The third-order valence-electron chi connectivity index (χ3n) is 4.47. The minimum absolute atomic E-state index is 0.348. The van der Waals surface area contributed by atoms with E-state index >= 15 is 0 Å². The Bertz CT molecular complexity index is 433. The highest BCUT2D eigenvalue weighted by Gasteiger charge is 2.23. The predicted octanol–water partition coefficient (Wildman–Crippen LogP) is 1.25. The molecule has 116 valence electrons. The summed E-state index contributed by atoms with van der Waals surface area (Å²) in [6, 6.07) is 0. The average molecular weight is 301 g/mol. The van der Waals surface area contributed by atoms with Crippen LogP contribution >= 0.6 is 0 Å². The summed E-state index contributed by atoms with van der Waals surface area (Å²) in [5, 5.41) is 0. The maximum Gasteiger partial charge on any atom is 0.191 e. The zero-order valence-corrected chi connectivity index (χ0v) is 13.2. The van der Waals surface area contributed by atoms with E-state index in [0.717, 1.165) is 38.9 Å². The van der Waals surface area contributed by atoms with Gasteiger partial charge in [-0.25, -0.2) is 8.42 Å². The normalized spacial score (nSPS) is 28.6.